The highest BCUT2D eigenvalue weighted by Gasteiger charge is 2.01. The Hall–Kier alpha value is -1.52. The van der Waals surface area contributed by atoms with E-state index >= 15 is 0 Å². The zero-order valence-corrected chi connectivity index (χ0v) is 8.06. The lowest BCUT2D eigenvalue weighted by molar-refractivity contribution is 0.0858. The molecule has 0 spiro atoms. The van der Waals surface area contributed by atoms with Gasteiger partial charge in [0.25, 0.3) is 0 Å². The molecule has 72 valence electrons. The lowest BCUT2D eigenvalue weighted by Gasteiger charge is -2.02. The predicted molar refractivity (Wildman–Crippen MR) is 50.2 cm³/mol. The molecule has 0 radical (unpaired) electrons. The Labute approximate surface area is 77.2 Å². The Bertz CT molecular complexity index is 303. The summed E-state index contributed by atoms with van der Waals surface area (Å²) in [5.74, 6) is 0.349. The molecule has 13 heavy (non-hydrogen) atoms. The first kappa shape index (κ1) is 9.57. The molecule has 1 rings (SSSR count). The number of nitrogens with two attached hydrogens (primary N) is 1. The van der Waals surface area contributed by atoms with Crippen LogP contribution in [0.2, 0.25) is 0 Å². The zero-order valence-electron chi connectivity index (χ0n) is 8.06. The van der Waals surface area contributed by atoms with Crippen LogP contribution in [0.3, 0.4) is 0 Å². The zero-order chi connectivity index (χ0) is 9.84. The fourth-order valence-electron chi connectivity index (χ4n) is 0.768. The van der Waals surface area contributed by atoms with Crippen LogP contribution in [0.1, 0.15) is 19.4 Å². The second-order valence-corrected chi connectivity index (χ2v) is 3.03. The Balaban J connectivity index is 2.67. The molecule has 1 aromatic rings. The third kappa shape index (κ3) is 2.77. The maximum absolute atomic E-state index is 5.63. The van der Waals surface area contributed by atoms with E-state index in [0.717, 1.165) is 5.56 Å². The predicted octanol–water partition coefficient (Wildman–Crippen LogP) is 0.465. The Morgan fingerprint density at radius 2 is 2.38 bits per heavy atom. The normalized spacial score (nSPS) is 12.2. The van der Waals surface area contributed by atoms with Gasteiger partial charge in [-0.15, -0.1) is 0 Å². The van der Waals surface area contributed by atoms with Gasteiger partial charge in [-0.2, -0.15) is 5.10 Å². The van der Waals surface area contributed by atoms with E-state index in [1.165, 1.54) is 0 Å². The molecule has 1 aromatic heterocycles. The van der Waals surface area contributed by atoms with Crippen LogP contribution in [0.25, 0.3) is 0 Å². The number of aromatic nitrogens is 2. The molecule has 1 heterocycles. The smallest absolute Gasteiger partial charge is 0.173 e. The number of oxime groups is 1. The molecule has 0 aromatic carbocycles. The number of aryl methyl sites for hydroxylation is 1. The highest BCUT2D eigenvalue weighted by atomic mass is 16.6. The first-order chi connectivity index (χ1) is 6.09. The molecule has 0 fully saturated rings. The number of hydrogen-bond acceptors (Lipinski definition) is 3. The van der Waals surface area contributed by atoms with Crippen molar-refractivity contribution in [1.29, 1.82) is 0 Å². The van der Waals surface area contributed by atoms with Crippen molar-refractivity contribution in [2.75, 3.05) is 0 Å². The second-order valence-electron chi connectivity index (χ2n) is 3.03. The third-order valence-corrected chi connectivity index (χ3v) is 1.36. The van der Waals surface area contributed by atoms with E-state index in [1.807, 2.05) is 20.9 Å². The van der Waals surface area contributed by atoms with Crippen molar-refractivity contribution in [3.05, 3.63) is 18.0 Å². The first-order valence-corrected chi connectivity index (χ1v) is 4.08. The summed E-state index contributed by atoms with van der Waals surface area (Å²) < 4.78 is 1.66. The van der Waals surface area contributed by atoms with E-state index in [2.05, 4.69) is 10.3 Å². The van der Waals surface area contributed by atoms with E-state index in [1.54, 1.807) is 17.1 Å². The van der Waals surface area contributed by atoms with Crippen molar-refractivity contribution in [2.24, 2.45) is 17.9 Å². The van der Waals surface area contributed by atoms with Gasteiger partial charge in [-0.25, -0.2) is 0 Å². The van der Waals surface area contributed by atoms with Crippen LogP contribution in [0.4, 0.5) is 0 Å². The Morgan fingerprint density at radius 1 is 1.69 bits per heavy atom. The topological polar surface area (TPSA) is 65.4 Å². The monoisotopic (exact) mass is 182 g/mol. The molecule has 0 aliphatic carbocycles. The van der Waals surface area contributed by atoms with Crippen LogP contribution in [-0.4, -0.2) is 21.7 Å². The van der Waals surface area contributed by atoms with Gasteiger partial charge >= 0.3 is 0 Å². The van der Waals surface area contributed by atoms with Crippen LogP contribution in [0, 0.1) is 0 Å². The van der Waals surface area contributed by atoms with Gasteiger partial charge in [0, 0.05) is 13.2 Å². The van der Waals surface area contributed by atoms with Gasteiger partial charge in [0.05, 0.1) is 11.8 Å². The van der Waals surface area contributed by atoms with Crippen molar-refractivity contribution in [1.82, 2.24) is 9.78 Å². The Kier molecular flexibility index (Phi) is 2.89. The largest absolute Gasteiger partial charge is 0.391 e. The summed E-state index contributed by atoms with van der Waals surface area (Å²) in [7, 11) is 1.82. The number of nitrogens with zero attached hydrogens (tertiary/aromatic N) is 3. The van der Waals surface area contributed by atoms with E-state index in [9.17, 15) is 0 Å². The molecule has 0 bridgehead atoms. The van der Waals surface area contributed by atoms with Crippen LogP contribution in [0.5, 0.6) is 0 Å². The minimum Gasteiger partial charge on any atom is -0.391 e. The Morgan fingerprint density at radius 3 is 2.85 bits per heavy atom. The summed E-state index contributed by atoms with van der Waals surface area (Å²) in [5, 5.41) is 7.71. The van der Waals surface area contributed by atoms with Crippen LogP contribution < -0.4 is 5.73 Å². The van der Waals surface area contributed by atoms with E-state index < -0.39 is 0 Å². The minimum atomic E-state index is 0.0372. The molecular weight excluding hydrogens is 168 g/mol. The van der Waals surface area contributed by atoms with Crippen molar-refractivity contribution >= 4 is 5.84 Å². The maximum Gasteiger partial charge on any atom is 0.173 e. The molecule has 0 atom stereocenters. The SMILES string of the molecule is CC(C)O/N=C(\N)c1cnn(C)c1. The lowest BCUT2D eigenvalue weighted by atomic mass is 10.3. The van der Waals surface area contributed by atoms with Crippen molar-refractivity contribution in [2.45, 2.75) is 20.0 Å². The number of rotatable bonds is 3. The highest BCUT2D eigenvalue weighted by molar-refractivity contribution is 5.96. The summed E-state index contributed by atoms with van der Waals surface area (Å²) in [6, 6.07) is 0. The summed E-state index contributed by atoms with van der Waals surface area (Å²) in [6.07, 6.45) is 3.46. The molecule has 2 N–H and O–H groups in total. The van der Waals surface area contributed by atoms with E-state index in [0.29, 0.717) is 5.84 Å². The van der Waals surface area contributed by atoms with Crippen LogP contribution in [0.15, 0.2) is 17.5 Å². The van der Waals surface area contributed by atoms with Gasteiger partial charge in [0.2, 0.25) is 0 Å². The average molecular weight is 182 g/mol. The van der Waals surface area contributed by atoms with Crippen molar-refractivity contribution in [3.63, 3.8) is 0 Å². The molecule has 0 saturated carbocycles. The molecule has 0 unspecified atom stereocenters. The number of amidine groups is 1. The summed E-state index contributed by atoms with van der Waals surface area (Å²) in [5.41, 5.74) is 6.40. The summed E-state index contributed by atoms with van der Waals surface area (Å²) >= 11 is 0. The van der Waals surface area contributed by atoms with Gasteiger partial charge in [0.1, 0.15) is 6.10 Å². The molecule has 0 aliphatic heterocycles. The van der Waals surface area contributed by atoms with E-state index in [-0.39, 0.29) is 6.10 Å². The highest BCUT2D eigenvalue weighted by Crippen LogP contribution is 1.97. The lowest BCUT2D eigenvalue weighted by Crippen LogP contribution is -2.14. The van der Waals surface area contributed by atoms with Gasteiger partial charge < -0.3 is 10.6 Å². The summed E-state index contributed by atoms with van der Waals surface area (Å²) in [6.45, 7) is 3.78. The average Bonchev–Trinajstić information content (AvgIpc) is 2.47. The van der Waals surface area contributed by atoms with Gasteiger partial charge in [-0.1, -0.05) is 5.16 Å². The maximum atomic E-state index is 5.63. The standard InChI is InChI=1S/C8H14N4O/c1-6(2)13-11-8(9)7-4-10-12(3)5-7/h4-6H,1-3H3,(H2,9,11). The second kappa shape index (κ2) is 3.93. The van der Waals surface area contributed by atoms with Crippen molar-refractivity contribution < 1.29 is 4.84 Å². The molecule has 0 saturated heterocycles. The minimum absolute atomic E-state index is 0.0372. The fraction of sp³-hybridized carbons (Fsp3) is 0.500. The summed E-state index contributed by atoms with van der Waals surface area (Å²) in [4.78, 5) is 4.99. The van der Waals surface area contributed by atoms with Gasteiger partial charge in [0.15, 0.2) is 5.84 Å². The molecular formula is C8H14N4O. The van der Waals surface area contributed by atoms with Crippen LogP contribution in [-0.2, 0) is 11.9 Å². The number of hydrogen-bond donors (Lipinski definition) is 1. The van der Waals surface area contributed by atoms with Crippen LogP contribution >= 0.6 is 0 Å². The van der Waals surface area contributed by atoms with Crippen molar-refractivity contribution in [3.8, 4) is 0 Å². The fourth-order valence-corrected chi connectivity index (χ4v) is 0.768. The first-order valence-electron chi connectivity index (χ1n) is 4.08. The molecule has 0 amide bonds. The van der Waals surface area contributed by atoms with Gasteiger partial charge in [-0.3, -0.25) is 4.68 Å². The quantitative estimate of drug-likeness (QED) is 0.419. The van der Waals surface area contributed by atoms with E-state index in [4.69, 9.17) is 10.6 Å². The molecule has 5 nitrogen and oxygen atoms in total. The molecule has 5 heteroatoms. The van der Waals surface area contributed by atoms with Gasteiger partial charge in [-0.05, 0) is 13.8 Å². The molecule has 0 aliphatic rings. The third-order valence-electron chi connectivity index (χ3n) is 1.36.